The van der Waals surface area contributed by atoms with E-state index in [0.29, 0.717) is 13.0 Å². The lowest BCUT2D eigenvalue weighted by atomic mass is 10.0. The minimum atomic E-state index is -0.994. The van der Waals surface area contributed by atoms with Crippen molar-refractivity contribution in [2.75, 3.05) is 19.6 Å². The Morgan fingerprint density at radius 1 is 1.22 bits per heavy atom. The van der Waals surface area contributed by atoms with E-state index in [2.05, 4.69) is 16.0 Å². The summed E-state index contributed by atoms with van der Waals surface area (Å²) < 4.78 is 0. The highest BCUT2D eigenvalue weighted by atomic mass is 16.4. The van der Waals surface area contributed by atoms with Crippen molar-refractivity contribution in [2.45, 2.75) is 39.7 Å². The van der Waals surface area contributed by atoms with E-state index in [-0.39, 0.29) is 5.92 Å². The molecule has 6 heteroatoms. The predicted molar refractivity (Wildman–Crippen MR) is 70.6 cm³/mol. The Bertz CT molecular complexity index is 257. The monoisotopic (exact) mass is 259 g/mol. The van der Waals surface area contributed by atoms with Crippen molar-refractivity contribution in [3.8, 4) is 0 Å². The zero-order valence-corrected chi connectivity index (χ0v) is 11.5. The second kappa shape index (κ2) is 9.70. The summed E-state index contributed by atoms with van der Waals surface area (Å²) in [5.41, 5.74) is 0. The van der Waals surface area contributed by atoms with E-state index in [0.717, 1.165) is 19.5 Å². The molecule has 0 aromatic carbocycles. The Kier molecular flexibility index (Phi) is 9.00. The number of rotatable bonds is 9. The summed E-state index contributed by atoms with van der Waals surface area (Å²) in [4.78, 5) is 22.4. The molecular weight excluding hydrogens is 234 g/mol. The molecule has 0 saturated carbocycles. The predicted octanol–water partition coefficient (Wildman–Crippen LogP) is 0.785. The molecule has 0 aliphatic heterocycles. The van der Waals surface area contributed by atoms with E-state index >= 15 is 0 Å². The Balaban J connectivity index is 3.85. The number of amides is 2. The molecule has 106 valence electrons. The van der Waals surface area contributed by atoms with Gasteiger partial charge < -0.3 is 21.1 Å². The molecule has 0 rings (SSSR count). The lowest BCUT2D eigenvalue weighted by molar-refractivity contribution is -0.139. The summed E-state index contributed by atoms with van der Waals surface area (Å²) in [6, 6.07) is -1.24. The SMILES string of the molecule is CCNCCCNC(=O)NC(CC(C)C)C(=O)O. The van der Waals surface area contributed by atoms with Crippen molar-refractivity contribution in [3.63, 3.8) is 0 Å². The molecule has 0 heterocycles. The summed E-state index contributed by atoms with van der Waals surface area (Å²) >= 11 is 0. The van der Waals surface area contributed by atoms with Crippen LogP contribution in [0.4, 0.5) is 4.79 Å². The standard InChI is InChI=1S/C12H25N3O3/c1-4-13-6-5-7-14-12(18)15-10(11(16)17)8-9(2)3/h9-10,13H,4-8H2,1-3H3,(H,16,17)(H2,14,15,18). The molecule has 2 amide bonds. The molecule has 6 nitrogen and oxygen atoms in total. The number of carbonyl (C=O) groups excluding carboxylic acids is 1. The van der Waals surface area contributed by atoms with Crippen molar-refractivity contribution in [2.24, 2.45) is 5.92 Å². The van der Waals surface area contributed by atoms with Gasteiger partial charge in [-0.15, -0.1) is 0 Å². The van der Waals surface area contributed by atoms with Gasteiger partial charge in [0.2, 0.25) is 0 Å². The summed E-state index contributed by atoms with van der Waals surface area (Å²) in [6.07, 6.45) is 1.25. The molecule has 0 fully saturated rings. The number of hydrogen-bond acceptors (Lipinski definition) is 3. The molecule has 4 N–H and O–H groups in total. The average Bonchev–Trinajstić information content (AvgIpc) is 2.27. The van der Waals surface area contributed by atoms with E-state index in [4.69, 9.17) is 5.11 Å². The van der Waals surface area contributed by atoms with Gasteiger partial charge in [0.25, 0.3) is 0 Å². The van der Waals surface area contributed by atoms with Crippen molar-refractivity contribution in [1.82, 2.24) is 16.0 Å². The third kappa shape index (κ3) is 8.81. The fourth-order valence-corrected chi connectivity index (χ4v) is 1.49. The molecule has 0 aliphatic rings. The van der Waals surface area contributed by atoms with Crippen molar-refractivity contribution >= 4 is 12.0 Å². The van der Waals surface area contributed by atoms with Gasteiger partial charge in [0.05, 0.1) is 0 Å². The number of carbonyl (C=O) groups is 2. The zero-order chi connectivity index (χ0) is 14.0. The molecule has 0 aromatic rings. The Morgan fingerprint density at radius 3 is 2.39 bits per heavy atom. The van der Waals surface area contributed by atoms with Crippen LogP contribution in [0.2, 0.25) is 0 Å². The molecule has 18 heavy (non-hydrogen) atoms. The highest BCUT2D eigenvalue weighted by molar-refractivity contribution is 5.82. The first-order chi connectivity index (χ1) is 8.47. The normalized spacial score (nSPS) is 12.2. The fourth-order valence-electron chi connectivity index (χ4n) is 1.49. The summed E-state index contributed by atoms with van der Waals surface area (Å²) in [7, 11) is 0. The second-order valence-electron chi connectivity index (χ2n) is 4.63. The van der Waals surface area contributed by atoms with Crippen LogP contribution in [-0.4, -0.2) is 42.8 Å². The highest BCUT2D eigenvalue weighted by Gasteiger charge is 2.20. The fraction of sp³-hybridized carbons (Fsp3) is 0.833. The minimum absolute atomic E-state index is 0.222. The summed E-state index contributed by atoms with van der Waals surface area (Å²) in [5, 5.41) is 17.2. The molecule has 0 bridgehead atoms. The van der Waals surface area contributed by atoms with E-state index in [1.54, 1.807) is 0 Å². The molecule has 0 radical (unpaired) electrons. The van der Waals surface area contributed by atoms with Crippen LogP contribution in [0.3, 0.4) is 0 Å². The molecule has 1 atom stereocenters. The van der Waals surface area contributed by atoms with Crippen LogP contribution in [0.15, 0.2) is 0 Å². The van der Waals surface area contributed by atoms with Crippen molar-refractivity contribution in [1.29, 1.82) is 0 Å². The van der Waals surface area contributed by atoms with E-state index in [1.807, 2.05) is 20.8 Å². The van der Waals surface area contributed by atoms with Crippen LogP contribution in [0.1, 0.15) is 33.6 Å². The number of carboxylic acids is 1. The topological polar surface area (TPSA) is 90.5 Å². The maximum atomic E-state index is 11.5. The van der Waals surface area contributed by atoms with Crippen molar-refractivity contribution in [3.05, 3.63) is 0 Å². The molecule has 1 unspecified atom stereocenters. The van der Waals surface area contributed by atoms with Crippen LogP contribution in [0, 0.1) is 5.92 Å². The summed E-state index contributed by atoms with van der Waals surface area (Å²) in [6.45, 7) is 8.14. The highest BCUT2D eigenvalue weighted by Crippen LogP contribution is 2.04. The van der Waals surface area contributed by atoms with Crippen LogP contribution >= 0.6 is 0 Å². The quantitative estimate of drug-likeness (QED) is 0.461. The molecule has 0 saturated heterocycles. The van der Waals surface area contributed by atoms with Gasteiger partial charge in [0, 0.05) is 6.54 Å². The van der Waals surface area contributed by atoms with Gasteiger partial charge in [0.1, 0.15) is 6.04 Å². The van der Waals surface area contributed by atoms with Crippen LogP contribution < -0.4 is 16.0 Å². The minimum Gasteiger partial charge on any atom is -0.480 e. The first-order valence-corrected chi connectivity index (χ1v) is 6.45. The second-order valence-corrected chi connectivity index (χ2v) is 4.63. The van der Waals surface area contributed by atoms with Gasteiger partial charge in [-0.2, -0.15) is 0 Å². The number of urea groups is 1. The largest absolute Gasteiger partial charge is 0.480 e. The molecule has 0 aromatic heterocycles. The number of hydrogen-bond donors (Lipinski definition) is 4. The molecule has 0 spiro atoms. The van der Waals surface area contributed by atoms with E-state index in [9.17, 15) is 9.59 Å². The van der Waals surface area contributed by atoms with Gasteiger partial charge in [-0.05, 0) is 31.8 Å². The van der Waals surface area contributed by atoms with Gasteiger partial charge in [-0.3, -0.25) is 0 Å². The number of aliphatic carboxylic acids is 1. The van der Waals surface area contributed by atoms with Gasteiger partial charge in [-0.1, -0.05) is 20.8 Å². The lowest BCUT2D eigenvalue weighted by Crippen LogP contribution is -2.47. The Labute approximate surface area is 109 Å². The number of carboxylic acid groups (broad SMARTS) is 1. The first-order valence-electron chi connectivity index (χ1n) is 6.45. The Morgan fingerprint density at radius 2 is 1.89 bits per heavy atom. The van der Waals surface area contributed by atoms with Gasteiger partial charge in [-0.25, -0.2) is 9.59 Å². The molecular formula is C12H25N3O3. The van der Waals surface area contributed by atoms with Gasteiger partial charge >= 0.3 is 12.0 Å². The lowest BCUT2D eigenvalue weighted by Gasteiger charge is -2.16. The van der Waals surface area contributed by atoms with E-state index < -0.39 is 18.0 Å². The van der Waals surface area contributed by atoms with E-state index in [1.165, 1.54) is 0 Å². The number of nitrogens with one attached hydrogen (secondary N) is 3. The van der Waals surface area contributed by atoms with Crippen LogP contribution in [0.25, 0.3) is 0 Å². The maximum Gasteiger partial charge on any atom is 0.326 e. The third-order valence-electron chi connectivity index (χ3n) is 2.38. The van der Waals surface area contributed by atoms with Crippen molar-refractivity contribution < 1.29 is 14.7 Å². The van der Waals surface area contributed by atoms with Crippen LogP contribution in [-0.2, 0) is 4.79 Å². The van der Waals surface area contributed by atoms with Gasteiger partial charge in [0.15, 0.2) is 0 Å². The third-order valence-corrected chi connectivity index (χ3v) is 2.38. The first kappa shape index (κ1) is 16.7. The molecule has 0 aliphatic carbocycles. The smallest absolute Gasteiger partial charge is 0.326 e. The Hall–Kier alpha value is -1.30. The van der Waals surface area contributed by atoms with Crippen LogP contribution in [0.5, 0.6) is 0 Å². The maximum absolute atomic E-state index is 11.5. The zero-order valence-electron chi connectivity index (χ0n) is 11.5. The average molecular weight is 259 g/mol. The summed E-state index contributed by atoms with van der Waals surface area (Å²) in [5.74, 6) is -0.772.